The molecular formula is C25H25Cl2NO4. The molecule has 0 unspecified atom stereocenters. The highest BCUT2D eigenvalue weighted by atomic mass is 35.5. The molecule has 1 heterocycles. The summed E-state index contributed by atoms with van der Waals surface area (Å²) in [6.45, 7) is 6.99. The van der Waals surface area contributed by atoms with Gasteiger partial charge in [-0.1, -0.05) is 23.2 Å². The summed E-state index contributed by atoms with van der Waals surface area (Å²) in [6, 6.07) is 7.45. The molecule has 168 valence electrons. The number of hydrogen-bond donors (Lipinski definition) is 0. The van der Waals surface area contributed by atoms with E-state index in [0.29, 0.717) is 48.7 Å². The fourth-order valence-corrected chi connectivity index (χ4v) is 4.82. The maximum Gasteiger partial charge on any atom is 0.355 e. The molecule has 0 N–H and O–H groups in total. The van der Waals surface area contributed by atoms with Crippen molar-refractivity contribution in [3.63, 3.8) is 0 Å². The van der Waals surface area contributed by atoms with Crippen LogP contribution in [0.4, 0.5) is 0 Å². The predicted octanol–water partition coefficient (Wildman–Crippen LogP) is 6.34. The minimum atomic E-state index is -0.375. The van der Waals surface area contributed by atoms with Gasteiger partial charge in [0.1, 0.15) is 11.4 Å². The number of halogens is 2. The maximum atomic E-state index is 12.9. The molecule has 0 saturated heterocycles. The minimum absolute atomic E-state index is 0.0115. The Kier molecular flexibility index (Phi) is 6.50. The second-order valence-electron chi connectivity index (χ2n) is 8.01. The SMILES string of the molecule is CCOC(=O)c1c2c3c(c(Cl)ccc3n1CCCOc1cc(C)c(Cl)c(C)c1)C(=O)CC2. The molecule has 3 aromatic rings. The van der Waals surface area contributed by atoms with Crippen LogP contribution in [0.5, 0.6) is 5.75 Å². The quantitative estimate of drug-likeness (QED) is 0.296. The van der Waals surface area contributed by atoms with E-state index in [2.05, 4.69) is 0 Å². The molecule has 0 bridgehead atoms. The van der Waals surface area contributed by atoms with Crippen LogP contribution in [0.1, 0.15) is 57.3 Å². The first-order chi connectivity index (χ1) is 15.3. The lowest BCUT2D eigenvalue weighted by molar-refractivity contribution is 0.0512. The number of nitrogens with zero attached hydrogens (tertiary/aromatic N) is 1. The van der Waals surface area contributed by atoms with Crippen LogP contribution in [-0.4, -0.2) is 29.5 Å². The average molecular weight is 474 g/mol. The summed E-state index contributed by atoms with van der Waals surface area (Å²) >= 11 is 12.6. The van der Waals surface area contributed by atoms with Crippen molar-refractivity contribution in [2.45, 2.75) is 46.6 Å². The van der Waals surface area contributed by atoms with Crippen LogP contribution in [0.3, 0.4) is 0 Å². The Balaban J connectivity index is 1.64. The molecule has 1 aromatic heterocycles. The lowest BCUT2D eigenvalue weighted by Gasteiger charge is -2.13. The van der Waals surface area contributed by atoms with Crippen LogP contribution >= 0.6 is 23.2 Å². The van der Waals surface area contributed by atoms with E-state index in [-0.39, 0.29) is 18.4 Å². The van der Waals surface area contributed by atoms with Crippen molar-refractivity contribution in [3.05, 3.63) is 62.3 Å². The van der Waals surface area contributed by atoms with Gasteiger partial charge in [-0.05, 0) is 74.6 Å². The molecule has 1 aliphatic carbocycles. The van der Waals surface area contributed by atoms with Gasteiger partial charge in [0.2, 0.25) is 0 Å². The Morgan fingerprint density at radius 2 is 1.84 bits per heavy atom. The van der Waals surface area contributed by atoms with Crippen molar-refractivity contribution in [1.82, 2.24) is 4.57 Å². The summed E-state index contributed by atoms with van der Waals surface area (Å²) in [5.41, 5.74) is 4.64. The van der Waals surface area contributed by atoms with Gasteiger partial charge in [-0.25, -0.2) is 4.79 Å². The molecule has 0 saturated carbocycles. The van der Waals surface area contributed by atoms with Crippen LogP contribution < -0.4 is 4.74 Å². The van der Waals surface area contributed by atoms with Gasteiger partial charge in [0.25, 0.3) is 0 Å². The smallest absolute Gasteiger partial charge is 0.355 e. The van der Waals surface area contributed by atoms with Gasteiger partial charge in [-0.2, -0.15) is 0 Å². The van der Waals surface area contributed by atoms with Crippen molar-refractivity contribution < 1.29 is 19.1 Å². The van der Waals surface area contributed by atoms with Crippen LogP contribution in [0, 0.1) is 13.8 Å². The monoisotopic (exact) mass is 473 g/mol. The fraction of sp³-hybridized carbons (Fsp3) is 0.360. The van der Waals surface area contributed by atoms with Gasteiger partial charge in [0.15, 0.2) is 5.78 Å². The average Bonchev–Trinajstić information content (AvgIpc) is 3.07. The number of ketones is 1. The summed E-state index contributed by atoms with van der Waals surface area (Å²) in [5, 5.41) is 1.95. The van der Waals surface area contributed by atoms with E-state index in [1.54, 1.807) is 13.0 Å². The number of esters is 1. The molecule has 32 heavy (non-hydrogen) atoms. The zero-order valence-electron chi connectivity index (χ0n) is 18.4. The standard InChI is InChI=1S/C25H25Cl2NO4/c1-4-31-25(30)24-17-6-9-20(29)22-18(26)7-8-19(21(17)22)28(24)10-5-11-32-16-12-14(2)23(27)15(3)13-16/h7-8,12-13H,4-6,9-11H2,1-3H3. The maximum absolute atomic E-state index is 12.9. The van der Waals surface area contributed by atoms with E-state index in [1.807, 2.05) is 36.6 Å². The Labute approximate surface area is 197 Å². The molecule has 0 radical (unpaired) electrons. The van der Waals surface area contributed by atoms with E-state index in [1.165, 1.54) is 0 Å². The van der Waals surface area contributed by atoms with Crippen molar-refractivity contribution in [2.24, 2.45) is 0 Å². The molecule has 1 aliphatic rings. The highest BCUT2D eigenvalue weighted by molar-refractivity contribution is 6.36. The summed E-state index contributed by atoms with van der Waals surface area (Å²) < 4.78 is 13.2. The first-order valence-corrected chi connectivity index (χ1v) is 11.5. The number of carbonyl (C=O) groups excluding carboxylic acids is 2. The number of Topliss-reactive ketones (excluding diaryl/α,β-unsaturated/α-hetero) is 1. The number of hydrogen-bond acceptors (Lipinski definition) is 4. The van der Waals surface area contributed by atoms with Gasteiger partial charge < -0.3 is 14.0 Å². The summed E-state index contributed by atoms with van der Waals surface area (Å²) in [7, 11) is 0. The second-order valence-corrected chi connectivity index (χ2v) is 8.80. The van der Waals surface area contributed by atoms with Gasteiger partial charge in [-0.3, -0.25) is 4.79 Å². The third-order valence-electron chi connectivity index (χ3n) is 5.84. The van der Waals surface area contributed by atoms with Crippen molar-refractivity contribution >= 4 is 45.9 Å². The van der Waals surface area contributed by atoms with Crippen molar-refractivity contribution in [2.75, 3.05) is 13.2 Å². The van der Waals surface area contributed by atoms with E-state index < -0.39 is 0 Å². The molecule has 4 rings (SSSR count). The number of ether oxygens (including phenoxy) is 2. The molecule has 2 aromatic carbocycles. The van der Waals surface area contributed by atoms with E-state index in [0.717, 1.165) is 38.4 Å². The van der Waals surface area contributed by atoms with Crippen LogP contribution in [0.2, 0.25) is 10.0 Å². The van der Waals surface area contributed by atoms with E-state index in [9.17, 15) is 9.59 Å². The lowest BCUT2D eigenvalue weighted by atomic mass is 9.90. The topological polar surface area (TPSA) is 57.5 Å². The highest BCUT2D eigenvalue weighted by Crippen LogP contribution is 2.38. The summed E-state index contributed by atoms with van der Waals surface area (Å²) in [6.07, 6.45) is 1.51. The highest BCUT2D eigenvalue weighted by Gasteiger charge is 2.31. The molecule has 7 heteroatoms. The van der Waals surface area contributed by atoms with Gasteiger partial charge in [0, 0.05) is 34.5 Å². The van der Waals surface area contributed by atoms with Crippen LogP contribution in [0.25, 0.3) is 10.9 Å². The first-order valence-electron chi connectivity index (χ1n) is 10.8. The number of rotatable bonds is 7. The van der Waals surface area contributed by atoms with E-state index in [4.69, 9.17) is 32.7 Å². The minimum Gasteiger partial charge on any atom is -0.494 e. The fourth-order valence-electron chi connectivity index (χ4n) is 4.45. The number of aromatic nitrogens is 1. The normalized spacial score (nSPS) is 13.0. The second kappa shape index (κ2) is 9.16. The van der Waals surface area contributed by atoms with Gasteiger partial charge >= 0.3 is 5.97 Å². The zero-order valence-corrected chi connectivity index (χ0v) is 19.9. The third-order valence-corrected chi connectivity index (χ3v) is 6.75. The molecule has 0 aliphatic heterocycles. The van der Waals surface area contributed by atoms with Crippen molar-refractivity contribution in [3.8, 4) is 5.75 Å². The lowest BCUT2D eigenvalue weighted by Crippen LogP contribution is -2.16. The summed E-state index contributed by atoms with van der Waals surface area (Å²) in [5.74, 6) is 0.406. The zero-order chi connectivity index (χ0) is 23.0. The Morgan fingerprint density at radius 1 is 1.12 bits per heavy atom. The first kappa shape index (κ1) is 22.7. The van der Waals surface area contributed by atoms with E-state index >= 15 is 0 Å². The van der Waals surface area contributed by atoms with Gasteiger partial charge in [0.05, 0.1) is 18.2 Å². The molecule has 0 amide bonds. The number of carbonyl (C=O) groups is 2. The molecular weight excluding hydrogens is 449 g/mol. The molecule has 0 atom stereocenters. The van der Waals surface area contributed by atoms with Crippen LogP contribution in [-0.2, 0) is 17.7 Å². The molecule has 0 fully saturated rings. The number of aryl methyl sites for hydroxylation is 4. The Morgan fingerprint density at radius 3 is 2.53 bits per heavy atom. The van der Waals surface area contributed by atoms with Crippen molar-refractivity contribution in [1.29, 1.82) is 0 Å². The molecule has 5 nitrogen and oxygen atoms in total. The predicted molar refractivity (Wildman–Crippen MR) is 127 cm³/mol. The molecule has 0 spiro atoms. The number of benzene rings is 2. The summed E-state index contributed by atoms with van der Waals surface area (Å²) in [4.78, 5) is 25.4. The Bertz CT molecular complexity index is 1210. The largest absolute Gasteiger partial charge is 0.494 e. The van der Waals surface area contributed by atoms with Gasteiger partial charge in [-0.15, -0.1) is 0 Å². The van der Waals surface area contributed by atoms with Crippen LogP contribution in [0.15, 0.2) is 24.3 Å². The Hall–Kier alpha value is -2.50. The third kappa shape index (κ3) is 4.00.